The van der Waals surface area contributed by atoms with Crippen molar-refractivity contribution in [1.82, 2.24) is 5.32 Å². The number of esters is 3. The molecule has 0 amide bonds. The highest BCUT2D eigenvalue weighted by atomic mass is 16.6. The Balaban J connectivity index is 1.46. The second-order valence-electron chi connectivity index (χ2n) is 8.41. The molecule has 8 nitrogen and oxygen atoms in total. The number of ether oxygens (including phenoxy) is 4. The summed E-state index contributed by atoms with van der Waals surface area (Å²) in [6.07, 6.45) is -0.529. The average Bonchev–Trinajstić information content (AvgIpc) is 2.93. The molecule has 36 heavy (non-hydrogen) atoms. The largest absolute Gasteiger partial charge is 0.472 e. The Morgan fingerprint density at radius 3 is 1.81 bits per heavy atom. The molecule has 182 valence electrons. The molecule has 3 aromatic rings. The fraction of sp³-hybridized carbons (Fsp3) is 0.179. The Hall–Kier alpha value is -4.43. The van der Waals surface area contributed by atoms with Crippen molar-refractivity contribution >= 4 is 17.9 Å². The summed E-state index contributed by atoms with van der Waals surface area (Å²) in [5, 5.41) is 3.06. The summed E-state index contributed by atoms with van der Waals surface area (Å²) in [5.41, 5.74) is -0.487. The second kappa shape index (κ2) is 9.67. The van der Waals surface area contributed by atoms with Gasteiger partial charge in [-0.1, -0.05) is 61.5 Å². The Morgan fingerprint density at radius 2 is 1.28 bits per heavy atom. The molecule has 0 radical (unpaired) electrons. The van der Waals surface area contributed by atoms with Crippen LogP contribution in [0.25, 0.3) is 0 Å². The van der Waals surface area contributed by atoms with E-state index in [-0.39, 0.29) is 18.1 Å². The van der Waals surface area contributed by atoms with E-state index >= 15 is 0 Å². The van der Waals surface area contributed by atoms with E-state index in [0.717, 1.165) is 0 Å². The minimum absolute atomic E-state index is 0.0588. The summed E-state index contributed by atoms with van der Waals surface area (Å²) >= 11 is 0. The van der Waals surface area contributed by atoms with Gasteiger partial charge in [0.2, 0.25) is 11.5 Å². The molecule has 2 unspecified atom stereocenters. The summed E-state index contributed by atoms with van der Waals surface area (Å²) in [6.45, 7) is 1.49. The van der Waals surface area contributed by atoms with E-state index in [0.29, 0.717) is 16.7 Å². The van der Waals surface area contributed by atoms with Gasteiger partial charge in [-0.2, -0.15) is 0 Å². The lowest BCUT2D eigenvalue weighted by Gasteiger charge is -2.56. The van der Waals surface area contributed by atoms with Crippen LogP contribution >= 0.6 is 0 Å². The topological polar surface area (TPSA) is 100 Å². The molecule has 1 saturated heterocycles. The molecule has 2 bridgehead atoms. The number of hydrogen-bond acceptors (Lipinski definition) is 8. The van der Waals surface area contributed by atoms with Crippen LogP contribution in [0.1, 0.15) is 38.0 Å². The summed E-state index contributed by atoms with van der Waals surface area (Å²) < 4.78 is 23.1. The quantitative estimate of drug-likeness (QED) is 0.395. The van der Waals surface area contributed by atoms with E-state index in [4.69, 9.17) is 18.9 Å². The molecule has 1 N–H and O–H groups in total. The maximum absolute atomic E-state index is 13.0. The molecule has 8 heteroatoms. The molecule has 3 heterocycles. The van der Waals surface area contributed by atoms with Gasteiger partial charge in [0.05, 0.1) is 22.6 Å². The molecule has 3 aromatic carbocycles. The predicted octanol–water partition coefficient (Wildman–Crippen LogP) is 4.06. The van der Waals surface area contributed by atoms with E-state index in [1.54, 1.807) is 91.0 Å². The van der Waals surface area contributed by atoms with E-state index in [2.05, 4.69) is 5.32 Å². The van der Waals surface area contributed by atoms with Gasteiger partial charge < -0.3 is 18.9 Å². The van der Waals surface area contributed by atoms with Crippen LogP contribution in [0.2, 0.25) is 0 Å². The van der Waals surface area contributed by atoms with E-state index in [1.807, 2.05) is 6.92 Å². The normalized spacial score (nSPS) is 22.0. The monoisotopic (exact) mass is 485 g/mol. The minimum atomic E-state index is -1.48. The van der Waals surface area contributed by atoms with Gasteiger partial charge in [0.25, 0.3) is 0 Å². The minimum Gasteiger partial charge on any atom is -0.472 e. The number of rotatable bonds is 7. The van der Waals surface area contributed by atoms with Crippen molar-refractivity contribution in [3.8, 4) is 0 Å². The fourth-order valence-electron chi connectivity index (χ4n) is 4.10. The zero-order valence-corrected chi connectivity index (χ0v) is 19.4. The molecular formula is C28H23NO7. The maximum atomic E-state index is 13.0. The van der Waals surface area contributed by atoms with E-state index in [1.165, 1.54) is 0 Å². The SMILES string of the molecule is CC1[C@@H]2NC1(OC(=O)c1ccccc1)C(OC(=O)c1ccccc1)=C(COC(=O)c1ccccc1)O2. The van der Waals surface area contributed by atoms with E-state index in [9.17, 15) is 14.4 Å². The van der Waals surface area contributed by atoms with Crippen LogP contribution in [0, 0.1) is 5.92 Å². The van der Waals surface area contributed by atoms with Crippen molar-refractivity contribution in [3.63, 3.8) is 0 Å². The third-order valence-corrected chi connectivity index (χ3v) is 6.12. The van der Waals surface area contributed by atoms with Crippen LogP contribution in [-0.4, -0.2) is 36.5 Å². The van der Waals surface area contributed by atoms with Crippen LogP contribution in [0.4, 0.5) is 0 Å². The zero-order chi connectivity index (χ0) is 25.1. The molecule has 0 aliphatic carbocycles. The second-order valence-corrected chi connectivity index (χ2v) is 8.41. The van der Waals surface area contributed by atoms with Gasteiger partial charge in [-0.3, -0.25) is 0 Å². The lowest BCUT2D eigenvalue weighted by molar-refractivity contribution is -0.232. The van der Waals surface area contributed by atoms with Crippen molar-refractivity contribution < 1.29 is 33.3 Å². The van der Waals surface area contributed by atoms with Gasteiger partial charge in [-0.05, 0) is 36.4 Å². The molecule has 3 aliphatic heterocycles. The van der Waals surface area contributed by atoms with Gasteiger partial charge >= 0.3 is 17.9 Å². The number of carbonyl (C=O) groups excluding carboxylic acids is 3. The van der Waals surface area contributed by atoms with Crippen LogP contribution in [0.5, 0.6) is 0 Å². The van der Waals surface area contributed by atoms with Crippen molar-refractivity contribution in [3.05, 3.63) is 119 Å². The van der Waals surface area contributed by atoms with Gasteiger partial charge in [0.1, 0.15) is 0 Å². The number of nitrogens with one attached hydrogen (secondary N) is 1. The van der Waals surface area contributed by atoms with Crippen LogP contribution in [-0.2, 0) is 18.9 Å². The van der Waals surface area contributed by atoms with Gasteiger partial charge in [-0.25, -0.2) is 19.7 Å². The maximum Gasteiger partial charge on any atom is 0.343 e. The van der Waals surface area contributed by atoms with Gasteiger partial charge in [0, 0.05) is 0 Å². The lowest BCUT2D eigenvalue weighted by Crippen LogP contribution is -2.76. The third kappa shape index (κ3) is 4.34. The first-order valence-corrected chi connectivity index (χ1v) is 11.4. The molecule has 6 rings (SSSR count). The molecule has 1 fully saturated rings. The fourth-order valence-corrected chi connectivity index (χ4v) is 4.10. The summed E-state index contributed by atoms with van der Waals surface area (Å²) in [6, 6.07) is 25.3. The third-order valence-electron chi connectivity index (χ3n) is 6.12. The predicted molar refractivity (Wildman–Crippen MR) is 127 cm³/mol. The van der Waals surface area contributed by atoms with E-state index < -0.39 is 35.8 Å². The highest BCUT2D eigenvalue weighted by Crippen LogP contribution is 2.47. The van der Waals surface area contributed by atoms with Crippen LogP contribution in [0.3, 0.4) is 0 Å². The average molecular weight is 485 g/mol. The first-order chi connectivity index (χ1) is 17.5. The molecule has 3 aliphatic rings. The van der Waals surface area contributed by atoms with Crippen LogP contribution in [0.15, 0.2) is 103 Å². The van der Waals surface area contributed by atoms with Gasteiger partial charge in [0.15, 0.2) is 18.6 Å². The number of hydrogen-bond donors (Lipinski definition) is 1. The first kappa shape index (κ1) is 23.3. The lowest BCUT2D eigenvalue weighted by atomic mass is 9.82. The van der Waals surface area contributed by atoms with Crippen molar-refractivity contribution in [2.24, 2.45) is 5.92 Å². The Kier molecular flexibility index (Phi) is 6.26. The van der Waals surface area contributed by atoms with Gasteiger partial charge in [-0.15, -0.1) is 0 Å². The standard InChI is InChI=1S/C28H23NO7/c1-18-24-29-28(18,36-27(32)21-15-9-4-10-16-21)23(35-26(31)20-13-7-3-8-14-20)22(34-24)17-33-25(30)19-11-5-2-6-12-19/h2-16,18,24,29H,17H2,1H3/t18?,24-,28?/m1/s1. The Morgan fingerprint density at radius 1 is 0.778 bits per heavy atom. The smallest absolute Gasteiger partial charge is 0.343 e. The Bertz CT molecular complexity index is 1310. The first-order valence-electron chi connectivity index (χ1n) is 11.4. The summed E-state index contributed by atoms with van der Waals surface area (Å²) in [7, 11) is 0. The highest BCUT2D eigenvalue weighted by molar-refractivity contribution is 5.91. The zero-order valence-electron chi connectivity index (χ0n) is 19.4. The van der Waals surface area contributed by atoms with Crippen molar-refractivity contribution in [2.75, 3.05) is 6.61 Å². The van der Waals surface area contributed by atoms with Crippen LogP contribution < -0.4 is 5.32 Å². The summed E-state index contributed by atoms with van der Waals surface area (Å²) in [4.78, 5) is 38.5. The molecule has 0 spiro atoms. The molecule has 0 saturated carbocycles. The highest BCUT2D eigenvalue weighted by Gasteiger charge is 2.65. The Labute approximate surface area is 207 Å². The number of benzene rings is 3. The number of carbonyl (C=O) groups is 3. The van der Waals surface area contributed by atoms with Crippen molar-refractivity contribution in [1.29, 1.82) is 0 Å². The number of fused-ring (bicyclic) bond motifs is 1. The molecule has 3 atom stereocenters. The van der Waals surface area contributed by atoms with Crippen molar-refractivity contribution in [2.45, 2.75) is 18.9 Å². The molecule has 0 aromatic heterocycles. The molecular weight excluding hydrogens is 462 g/mol. The summed E-state index contributed by atoms with van der Waals surface area (Å²) in [5.74, 6) is -2.21.